The molecule has 0 aromatic heterocycles. The first-order chi connectivity index (χ1) is 13.1. The lowest BCUT2D eigenvalue weighted by atomic mass is 9.97. The van der Waals surface area contributed by atoms with Crippen LogP contribution in [0.2, 0.25) is 0 Å². The first kappa shape index (κ1) is 19.0. The van der Waals surface area contributed by atoms with Gasteiger partial charge in [0.05, 0.1) is 5.56 Å². The first-order valence-corrected chi connectivity index (χ1v) is 9.45. The van der Waals surface area contributed by atoms with Crippen molar-refractivity contribution in [2.24, 2.45) is 0 Å². The molecule has 0 radical (unpaired) electrons. The summed E-state index contributed by atoms with van der Waals surface area (Å²) >= 11 is 0. The number of piperidine rings is 1. The van der Waals surface area contributed by atoms with Gasteiger partial charge in [0.15, 0.2) is 6.61 Å². The normalized spacial score (nSPS) is 19.4. The van der Waals surface area contributed by atoms with Gasteiger partial charge in [-0.3, -0.25) is 9.59 Å². The van der Waals surface area contributed by atoms with Crippen LogP contribution in [0.1, 0.15) is 43.5 Å². The fourth-order valence-corrected chi connectivity index (χ4v) is 3.63. The molecule has 2 aromatic rings. The third-order valence-corrected chi connectivity index (χ3v) is 5.00. The van der Waals surface area contributed by atoms with E-state index in [0.29, 0.717) is 17.0 Å². The molecule has 0 saturated carbocycles. The van der Waals surface area contributed by atoms with Crippen LogP contribution >= 0.6 is 0 Å². The highest BCUT2D eigenvalue weighted by Crippen LogP contribution is 2.24. The smallest absolute Gasteiger partial charge is 0.260 e. The lowest BCUT2D eigenvalue weighted by Gasteiger charge is -2.39. The third-order valence-electron chi connectivity index (χ3n) is 5.00. The van der Waals surface area contributed by atoms with Gasteiger partial charge in [0.25, 0.3) is 11.8 Å². The molecule has 0 aliphatic carbocycles. The van der Waals surface area contributed by atoms with Crippen LogP contribution in [0.3, 0.4) is 0 Å². The van der Waals surface area contributed by atoms with Gasteiger partial charge in [-0.05, 0) is 57.4 Å². The molecule has 2 atom stereocenters. The molecule has 1 fully saturated rings. The van der Waals surface area contributed by atoms with Crippen molar-refractivity contribution in [1.29, 1.82) is 0 Å². The molecule has 1 heterocycles. The van der Waals surface area contributed by atoms with Gasteiger partial charge in [-0.1, -0.05) is 30.3 Å². The van der Waals surface area contributed by atoms with Gasteiger partial charge in [-0.25, -0.2) is 0 Å². The van der Waals surface area contributed by atoms with E-state index >= 15 is 0 Å². The Balaban J connectivity index is 1.67. The number of carbonyl (C=O) groups is 2. The predicted octanol–water partition coefficient (Wildman–Crippen LogP) is 4.11. The maximum atomic E-state index is 12.7. The van der Waals surface area contributed by atoms with E-state index in [0.717, 1.165) is 19.3 Å². The summed E-state index contributed by atoms with van der Waals surface area (Å²) in [7, 11) is 0. The van der Waals surface area contributed by atoms with Crippen molar-refractivity contribution in [3.63, 3.8) is 0 Å². The molecule has 2 aromatic carbocycles. The predicted molar refractivity (Wildman–Crippen MR) is 106 cm³/mol. The van der Waals surface area contributed by atoms with Crippen molar-refractivity contribution in [2.75, 3.05) is 11.9 Å². The van der Waals surface area contributed by atoms with Gasteiger partial charge in [-0.15, -0.1) is 0 Å². The van der Waals surface area contributed by atoms with E-state index in [1.807, 2.05) is 35.2 Å². The molecule has 0 bridgehead atoms. The van der Waals surface area contributed by atoms with Crippen LogP contribution in [0, 0.1) is 0 Å². The number of hydrogen-bond donors (Lipinski definition) is 1. The van der Waals surface area contributed by atoms with Crippen LogP contribution in [-0.2, 0) is 4.79 Å². The Morgan fingerprint density at radius 3 is 2.33 bits per heavy atom. The summed E-state index contributed by atoms with van der Waals surface area (Å²) in [5.41, 5.74) is 1.12. The van der Waals surface area contributed by atoms with Crippen LogP contribution in [0.5, 0.6) is 5.75 Å². The summed E-state index contributed by atoms with van der Waals surface area (Å²) < 4.78 is 5.76. The monoisotopic (exact) mass is 366 g/mol. The molecule has 1 N–H and O–H groups in total. The van der Waals surface area contributed by atoms with Gasteiger partial charge >= 0.3 is 0 Å². The van der Waals surface area contributed by atoms with Gasteiger partial charge in [0.1, 0.15) is 5.75 Å². The van der Waals surface area contributed by atoms with Crippen LogP contribution in [-0.4, -0.2) is 35.4 Å². The van der Waals surface area contributed by atoms with E-state index in [2.05, 4.69) is 19.2 Å². The summed E-state index contributed by atoms with van der Waals surface area (Å²) in [6.07, 6.45) is 3.19. The van der Waals surface area contributed by atoms with Crippen molar-refractivity contribution in [2.45, 2.75) is 45.2 Å². The highest BCUT2D eigenvalue weighted by molar-refractivity contribution is 6.06. The zero-order valence-electron chi connectivity index (χ0n) is 15.9. The summed E-state index contributed by atoms with van der Waals surface area (Å²) in [6, 6.07) is 16.7. The molecule has 2 unspecified atom stereocenters. The minimum atomic E-state index is -0.260. The second-order valence-corrected chi connectivity index (χ2v) is 7.03. The Labute approximate surface area is 160 Å². The number of benzene rings is 2. The van der Waals surface area contributed by atoms with E-state index in [1.54, 1.807) is 24.3 Å². The Kier molecular flexibility index (Phi) is 6.12. The fraction of sp³-hybridized carbons (Fsp3) is 0.364. The van der Waals surface area contributed by atoms with Gasteiger partial charge in [0.2, 0.25) is 0 Å². The fourth-order valence-electron chi connectivity index (χ4n) is 3.63. The number of rotatable bonds is 5. The van der Waals surface area contributed by atoms with Gasteiger partial charge < -0.3 is 15.0 Å². The van der Waals surface area contributed by atoms with Crippen LogP contribution < -0.4 is 10.1 Å². The molecule has 5 nitrogen and oxygen atoms in total. The van der Waals surface area contributed by atoms with E-state index in [1.165, 1.54) is 0 Å². The topological polar surface area (TPSA) is 58.6 Å². The molecule has 1 saturated heterocycles. The number of nitrogens with zero attached hydrogens (tertiary/aromatic N) is 1. The number of para-hydroxylation sites is 2. The number of hydrogen-bond acceptors (Lipinski definition) is 3. The average molecular weight is 366 g/mol. The summed E-state index contributed by atoms with van der Waals surface area (Å²) in [6.45, 7) is 4.09. The van der Waals surface area contributed by atoms with Crippen molar-refractivity contribution < 1.29 is 14.3 Å². The van der Waals surface area contributed by atoms with Gasteiger partial charge in [-0.2, -0.15) is 0 Å². The largest absolute Gasteiger partial charge is 0.483 e. The van der Waals surface area contributed by atoms with Crippen molar-refractivity contribution in [3.05, 3.63) is 60.2 Å². The number of anilines is 1. The number of carbonyl (C=O) groups excluding carboxylic acids is 2. The van der Waals surface area contributed by atoms with Crippen LogP contribution in [0.15, 0.2) is 54.6 Å². The van der Waals surface area contributed by atoms with Crippen molar-refractivity contribution in [1.82, 2.24) is 4.90 Å². The van der Waals surface area contributed by atoms with E-state index in [-0.39, 0.29) is 30.5 Å². The van der Waals surface area contributed by atoms with Crippen LogP contribution in [0.4, 0.5) is 5.69 Å². The third kappa shape index (κ3) is 4.67. The van der Waals surface area contributed by atoms with E-state index in [9.17, 15) is 9.59 Å². The standard InChI is InChI=1S/C22H26N2O3/c1-16-9-8-10-17(2)24(16)21(25)15-27-20-14-7-6-13-19(20)22(26)23-18-11-4-3-5-12-18/h3-7,11-14,16-17H,8-10,15H2,1-2H3,(H,23,26). The molecule has 1 aliphatic heterocycles. The highest BCUT2D eigenvalue weighted by Gasteiger charge is 2.29. The van der Waals surface area contributed by atoms with Crippen molar-refractivity contribution >= 4 is 17.5 Å². The Morgan fingerprint density at radius 2 is 1.63 bits per heavy atom. The summed E-state index contributed by atoms with van der Waals surface area (Å²) in [4.78, 5) is 27.2. The average Bonchev–Trinajstić information content (AvgIpc) is 2.67. The molecule has 1 aliphatic rings. The lowest BCUT2D eigenvalue weighted by molar-refractivity contribution is -0.139. The second-order valence-electron chi connectivity index (χ2n) is 7.03. The second kappa shape index (κ2) is 8.71. The maximum Gasteiger partial charge on any atom is 0.260 e. The lowest BCUT2D eigenvalue weighted by Crippen LogP contribution is -2.49. The molecule has 142 valence electrons. The van der Waals surface area contributed by atoms with E-state index < -0.39 is 0 Å². The molecule has 5 heteroatoms. The molecular formula is C22H26N2O3. The highest BCUT2D eigenvalue weighted by atomic mass is 16.5. The zero-order valence-corrected chi connectivity index (χ0v) is 15.9. The Morgan fingerprint density at radius 1 is 1.00 bits per heavy atom. The van der Waals surface area contributed by atoms with Crippen molar-refractivity contribution in [3.8, 4) is 5.75 Å². The maximum absolute atomic E-state index is 12.7. The molecule has 2 amide bonds. The molecule has 3 rings (SSSR count). The van der Waals surface area contributed by atoms with Gasteiger partial charge in [0, 0.05) is 17.8 Å². The molecular weight excluding hydrogens is 340 g/mol. The molecule has 0 spiro atoms. The summed E-state index contributed by atoms with van der Waals surface area (Å²) in [5.74, 6) is 0.119. The number of amides is 2. The number of nitrogens with one attached hydrogen (secondary N) is 1. The Hall–Kier alpha value is -2.82. The minimum Gasteiger partial charge on any atom is -0.483 e. The molecule has 27 heavy (non-hydrogen) atoms. The first-order valence-electron chi connectivity index (χ1n) is 9.45. The quantitative estimate of drug-likeness (QED) is 0.866. The zero-order chi connectivity index (χ0) is 19.2. The van der Waals surface area contributed by atoms with Crippen LogP contribution in [0.25, 0.3) is 0 Å². The number of ether oxygens (including phenoxy) is 1. The Bertz CT molecular complexity index is 781. The summed E-state index contributed by atoms with van der Waals surface area (Å²) in [5, 5.41) is 2.85. The SMILES string of the molecule is CC1CCCC(C)N1C(=O)COc1ccccc1C(=O)Nc1ccccc1. The number of likely N-dealkylation sites (tertiary alicyclic amines) is 1. The van der Waals surface area contributed by atoms with E-state index in [4.69, 9.17) is 4.74 Å². The minimum absolute atomic E-state index is 0.0343.